The summed E-state index contributed by atoms with van der Waals surface area (Å²) in [6.45, 7) is 2.13. The summed E-state index contributed by atoms with van der Waals surface area (Å²) in [6, 6.07) is 16.5. The van der Waals surface area contributed by atoms with Crippen LogP contribution >= 0.6 is 0 Å². The molecule has 0 saturated carbocycles. The summed E-state index contributed by atoms with van der Waals surface area (Å²) < 4.78 is 0. The molecule has 102 valence electrons. The van der Waals surface area contributed by atoms with Crippen molar-refractivity contribution < 1.29 is 5.11 Å². The molecule has 0 amide bonds. The fourth-order valence-corrected chi connectivity index (χ4v) is 2.68. The third-order valence-electron chi connectivity index (χ3n) is 3.82. The second-order valence-electron chi connectivity index (χ2n) is 5.31. The summed E-state index contributed by atoms with van der Waals surface area (Å²) in [5.74, 6) is 0. The van der Waals surface area contributed by atoms with Gasteiger partial charge < -0.3 is 5.11 Å². The molecule has 20 heavy (non-hydrogen) atoms. The van der Waals surface area contributed by atoms with Crippen molar-refractivity contribution in [3.63, 3.8) is 0 Å². The first-order valence-electron chi connectivity index (χ1n) is 7.17. The molecule has 1 aliphatic heterocycles. The second kappa shape index (κ2) is 5.59. The van der Waals surface area contributed by atoms with Crippen molar-refractivity contribution in [1.82, 2.24) is 0 Å². The lowest BCUT2D eigenvalue weighted by atomic mass is 9.93. The molecular weight excluding hydrogens is 246 g/mol. The molecule has 0 radical (unpaired) electrons. The Balaban J connectivity index is 1.89. The number of aliphatic imine (C=N–C) groups is 1. The number of aliphatic hydroxyl groups excluding tert-OH is 1. The van der Waals surface area contributed by atoms with Crippen LogP contribution in [0.2, 0.25) is 0 Å². The molecule has 1 atom stereocenters. The molecule has 2 aromatic rings. The second-order valence-corrected chi connectivity index (χ2v) is 5.31. The lowest BCUT2D eigenvalue weighted by Crippen LogP contribution is -2.14. The maximum atomic E-state index is 10.3. The number of hydrogen-bond donors (Lipinski definition) is 1. The highest BCUT2D eigenvalue weighted by Gasteiger charge is 2.20. The molecule has 2 heteroatoms. The fourth-order valence-electron chi connectivity index (χ4n) is 2.68. The largest absolute Gasteiger partial charge is 0.388 e. The van der Waals surface area contributed by atoms with Crippen LogP contribution in [-0.4, -0.2) is 10.8 Å². The molecule has 1 unspecified atom stereocenters. The topological polar surface area (TPSA) is 32.6 Å². The van der Waals surface area contributed by atoms with Gasteiger partial charge in [0.1, 0.15) is 0 Å². The first-order valence-corrected chi connectivity index (χ1v) is 7.17. The van der Waals surface area contributed by atoms with Gasteiger partial charge in [0, 0.05) is 24.1 Å². The van der Waals surface area contributed by atoms with Crippen LogP contribution in [0.4, 0.5) is 5.69 Å². The molecule has 1 heterocycles. The van der Waals surface area contributed by atoms with Crippen LogP contribution in [0, 0.1) is 0 Å². The van der Waals surface area contributed by atoms with Crippen LogP contribution in [0.1, 0.15) is 36.1 Å². The SMILES string of the molecule is CCc1ccc2c(c1)C(O)CC(Cc1ccccc1)=N2. The Hall–Kier alpha value is -1.93. The Bertz CT molecular complexity index is 631. The van der Waals surface area contributed by atoms with Crippen LogP contribution in [0.3, 0.4) is 0 Å². The van der Waals surface area contributed by atoms with E-state index in [2.05, 4.69) is 31.2 Å². The van der Waals surface area contributed by atoms with Gasteiger partial charge in [0.05, 0.1) is 11.8 Å². The zero-order valence-electron chi connectivity index (χ0n) is 11.7. The average molecular weight is 265 g/mol. The molecule has 1 N–H and O–H groups in total. The number of hydrogen-bond acceptors (Lipinski definition) is 2. The normalized spacial score (nSPS) is 17.5. The third kappa shape index (κ3) is 2.66. The van der Waals surface area contributed by atoms with E-state index in [4.69, 9.17) is 4.99 Å². The Morgan fingerprint density at radius 1 is 1.10 bits per heavy atom. The minimum absolute atomic E-state index is 0.423. The lowest BCUT2D eigenvalue weighted by Gasteiger charge is -2.21. The van der Waals surface area contributed by atoms with E-state index in [-0.39, 0.29) is 0 Å². The molecule has 2 aromatic carbocycles. The van der Waals surface area contributed by atoms with Crippen molar-refractivity contribution >= 4 is 11.4 Å². The number of aryl methyl sites for hydroxylation is 1. The quantitative estimate of drug-likeness (QED) is 0.893. The van der Waals surface area contributed by atoms with E-state index < -0.39 is 6.10 Å². The van der Waals surface area contributed by atoms with Crippen LogP contribution in [0.5, 0.6) is 0 Å². The van der Waals surface area contributed by atoms with Gasteiger partial charge in [-0.05, 0) is 23.6 Å². The summed E-state index contributed by atoms with van der Waals surface area (Å²) >= 11 is 0. The Labute approximate surface area is 119 Å². The van der Waals surface area contributed by atoms with Crippen LogP contribution in [-0.2, 0) is 12.8 Å². The van der Waals surface area contributed by atoms with Gasteiger partial charge in [0.25, 0.3) is 0 Å². The Morgan fingerprint density at radius 3 is 2.65 bits per heavy atom. The van der Waals surface area contributed by atoms with Gasteiger partial charge in [0.2, 0.25) is 0 Å². The molecule has 2 nitrogen and oxygen atoms in total. The number of nitrogens with zero attached hydrogens (tertiary/aromatic N) is 1. The molecule has 0 fully saturated rings. The van der Waals surface area contributed by atoms with Crippen molar-refractivity contribution in [3.05, 3.63) is 65.2 Å². The lowest BCUT2D eigenvalue weighted by molar-refractivity contribution is 0.184. The van der Waals surface area contributed by atoms with Crippen molar-refractivity contribution in [2.75, 3.05) is 0 Å². The number of aliphatic hydroxyl groups is 1. The van der Waals surface area contributed by atoms with E-state index in [1.807, 2.05) is 24.3 Å². The van der Waals surface area contributed by atoms with E-state index in [0.717, 1.165) is 29.8 Å². The molecular formula is C18H19NO. The maximum absolute atomic E-state index is 10.3. The van der Waals surface area contributed by atoms with Crippen LogP contribution in [0.15, 0.2) is 53.5 Å². The van der Waals surface area contributed by atoms with E-state index >= 15 is 0 Å². The molecule has 0 spiro atoms. The summed E-state index contributed by atoms with van der Waals surface area (Å²) in [6.07, 6.45) is 2.01. The van der Waals surface area contributed by atoms with E-state index in [9.17, 15) is 5.11 Å². The zero-order chi connectivity index (χ0) is 13.9. The third-order valence-corrected chi connectivity index (χ3v) is 3.82. The van der Waals surface area contributed by atoms with Gasteiger partial charge in [-0.3, -0.25) is 4.99 Å². The summed E-state index contributed by atoms with van der Waals surface area (Å²) in [5, 5.41) is 10.3. The standard InChI is InChI=1S/C18H19NO/c1-2-13-8-9-17-16(11-13)18(20)12-15(19-17)10-14-6-4-3-5-7-14/h3-9,11,18,20H,2,10,12H2,1H3. The number of rotatable bonds is 3. The fraction of sp³-hybridized carbons (Fsp3) is 0.278. The van der Waals surface area contributed by atoms with Crippen molar-refractivity contribution in [3.8, 4) is 0 Å². The molecule has 0 aliphatic carbocycles. The smallest absolute Gasteiger partial charge is 0.0863 e. The van der Waals surface area contributed by atoms with Gasteiger partial charge in [0.15, 0.2) is 0 Å². The first-order chi connectivity index (χ1) is 9.76. The zero-order valence-corrected chi connectivity index (χ0v) is 11.7. The highest BCUT2D eigenvalue weighted by Crippen LogP contribution is 2.34. The van der Waals surface area contributed by atoms with E-state index in [1.165, 1.54) is 11.1 Å². The summed E-state index contributed by atoms with van der Waals surface area (Å²) in [7, 11) is 0. The molecule has 1 aliphatic rings. The van der Waals surface area contributed by atoms with Gasteiger partial charge in [-0.15, -0.1) is 0 Å². The Morgan fingerprint density at radius 2 is 1.90 bits per heavy atom. The van der Waals surface area contributed by atoms with Crippen LogP contribution < -0.4 is 0 Å². The number of benzene rings is 2. The van der Waals surface area contributed by atoms with Crippen molar-refractivity contribution in [2.24, 2.45) is 4.99 Å². The van der Waals surface area contributed by atoms with Gasteiger partial charge in [-0.1, -0.05) is 49.4 Å². The predicted octanol–water partition coefficient (Wildman–Crippen LogP) is 4.00. The highest BCUT2D eigenvalue weighted by atomic mass is 16.3. The predicted molar refractivity (Wildman–Crippen MR) is 82.6 cm³/mol. The van der Waals surface area contributed by atoms with Crippen molar-refractivity contribution in [2.45, 2.75) is 32.3 Å². The summed E-state index contributed by atoms with van der Waals surface area (Å²) in [5.41, 5.74) is 5.45. The molecule has 0 bridgehead atoms. The maximum Gasteiger partial charge on any atom is 0.0863 e. The van der Waals surface area contributed by atoms with Gasteiger partial charge in [-0.2, -0.15) is 0 Å². The van der Waals surface area contributed by atoms with Crippen molar-refractivity contribution in [1.29, 1.82) is 0 Å². The molecule has 3 rings (SSSR count). The number of fused-ring (bicyclic) bond motifs is 1. The van der Waals surface area contributed by atoms with Gasteiger partial charge in [-0.25, -0.2) is 0 Å². The minimum Gasteiger partial charge on any atom is -0.388 e. The van der Waals surface area contributed by atoms with E-state index in [1.54, 1.807) is 0 Å². The van der Waals surface area contributed by atoms with Crippen LogP contribution in [0.25, 0.3) is 0 Å². The average Bonchev–Trinajstić information content (AvgIpc) is 2.48. The molecule has 0 saturated heterocycles. The summed E-state index contributed by atoms with van der Waals surface area (Å²) in [4.78, 5) is 4.72. The Kier molecular flexibility index (Phi) is 3.66. The highest BCUT2D eigenvalue weighted by molar-refractivity contribution is 5.91. The molecule has 0 aromatic heterocycles. The minimum atomic E-state index is -0.423. The monoisotopic (exact) mass is 265 g/mol. The van der Waals surface area contributed by atoms with E-state index in [0.29, 0.717) is 6.42 Å². The first kappa shape index (κ1) is 13.1. The van der Waals surface area contributed by atoms with Gasteiger partial charge >= 0.3 is 0 Å².